The zero-order chi connectivity index (χ0) is 34.8. The summed E-state index contributed by atoms with van der Waals surface area (Å²) in [5.74, 6) is -1.67. The van der Waals surface area contributed by atoms with Gasteiger partial charge in [0.05, 0.1) is 26.4 Å². The molecule has 1 aromatic heterocycles. The highest BCUT2D eigenvalue weighted by atomic mass is 32.1. The summed E-state index contributed by atoms with van der Waals surface area (Å²) in [6, 6.07) is 24.2. The molecule has 0 radical (unpaired) electrons. The maximum absolute atomic E-state index is 13.1. The minimum absolute atomic E-state index is 0.0584. The second-order valence-electron chi connectivity index (χ2n) is 10.4. The molecule has 0 amide bonds. The maximum Gasteiger partial charge on any atom is 0.343 e. The van der Waals surface area contributed by atoms with Crippen molar-refractivity contribution in [3.8, 4) is 23.0 Å². The molecule has 0 bridgehead atoms. The van der Waals surface area contributed by atoms with Crippen LogP contribution < -0.4 is 18.9 Å². The van der Waals surface area contributed by atoms with Crippen LogP contribution >= 0.6 is 11.3 Å². The molecule has 5 rings (SSSR count). The smallest absolute Gasteiger partial charge is 0.343 e. The van der Waals surface area contributed by atoms with Crippen LogP contribution in [-0.4, -0.2) is 41.6 Å². The van der Waals surface area contributed by atoms with Gasteiger partial charge in [0.1, 0.15) is 23.0 Å². The molecule has 246 valence electrons. The fraction of sp³-hybridized carbons (Fsp3) is 0.105. The Morgan fingerprint density at radius 2 is 1.33 bits per heavy atom. The SMILES string of the molecule is C=CC(=O)Oc1ccc(C(=O)Oc2ccc(OC(=O)c3ccc(OC(=O)C=C)cc3)c(C=NCC(CC)c3nc4ccccc4s3)c2)cc1. The molecule has 0 saturated carbocycles. The Morgan fingerprint density at radius 1 is 0.755 bits per heavy atom. The number of ether oxygens (including phenoxy) is 4. The van der Waals surface area contributed by atoms with Crippen molar-refractivity contribution in [3.05, 3.63) is 138 Å². The normalized spacial score (nSPS) is 11.4. The molecule has 49 heavy (non-hydrogen) atoms. The highest BCUT2D eigenvalue weighted by Gasteiger charge is 2.17. The molecule has 5 aromatic rings. The van der Waals surface area contributed by atoms with Crippen molar-refractivity contribution >= 4 is 51.6 Å². The molecule has 1 unspecified atom stereocenters. The van der Waals surface area contributed by atoms with Gasteiger partial charge in [0.2, 0.25) is 0 Å². The Kier molecular flexibility index (Phi) is 11.2. The number of aliphatic imine (C=N–C) groups is 1. The molecule has 4 aromatic carbocycles. The predicted octanol–water partition coefficient (Wildman–Crippen LogP) is 7.53. The minimum Gasteiger partial charge on any atom is -0.423 e. The first-order valence-electron chi connectivity index (χ1n) is 15.1. The minimum atomic E-state index is -0.667. The number of benzene rings is 4. The fourth-order valence-corrected chi connectivity index (χ4v) is 5.61. The summed E-state index contributed by atoms with van der Waals surface area (Å²) < 4.78 is 22.6. The van der Waals surface area contributed by atoms with Crippen LogP contribution in [0.4, 0.5) is 0 Å². The summed E-state index contributed by atoms with van der Waals surface area (Å²) in [7, 11) is 0. The lowest BCUT2D eigenvalue weighted by molar-refractivity contribution is -0.129. The molecular formula is C38H30N2O8S. The Bertz CT molecular complexity index is 2020. The van der Waals surface area contributed by atoms with E-state index in [2.05, 4.69) is 25.1 Å². The van der Waals surface area contributed by atoms with Crippen LogP contribution in [0.3, 0.4) is 0 Å². The van der Waals surface area contributed by atoms with Gasteiger partial charge < -0.3 is 18.9 Å². The van der Waals surface area contributed by atoms with Crippen LogP contribution in [0.15, 0.2) is 121 Å². The zero-order valence-corrected chi connectivity index (χ0v) is 27.2. The molecule has 10 nitrogen and oxygen atoms in total. The fourth-order valence-electron chi connectivity index (χ4n) is 4.47. The quantitative estimate of drug-likeness (QED) is 0.0538. The second kappa shape index (κ2) is 16.1. The molecule has 0 aliphatic rings. The number of hydrogen-bond donors (Lipinski definition) is 0. The average Bonchev–Trinajstić information content (AvgIpc) is 3.55. The number of carbonyl (C=O) groups is 4. The summed E-state index contributed by atoms with van der Waals surface area (Å²) in [5, 5.41) is 0.975. The van der Waals surface area contributed by atoms with Crippen molar-refractivity contribution in [1.82, 2.24) is 4.98 Å². The first-order chi connectivity index (χ1) is 23.8. The Morgan fingerprint density at radius 3 is 1.90 bits per heavy atom. The third kappa shape index (κ3) is 8.99. The molecule has 11 heteroatoms. The summed E-state index contributed by atoms with van der Waals surface area (Å²) in [6.45, 7) is 9.20. The average molecular weight is 675 g/mol. The van der Waals surface area contributed by atoms with Gasteiger partial charge in [-0.25, -0.2) is 24.2 Å². The topological polar surface area (TPSA) is 130 Å². The summed E-state index contributed by atoms with van der Waals surface area (Å²) in [5.41, 5.74) is 1.75. The van der Waals surface area contributed by atoms with Gasteiger partial charge in [-0.2, -0.15) is 0 Å². The molecule has 0 N–H and O–H groups in total. The van der Waals surface area contributed by atoms with Crippen molar-refractivity contribution in [2.75, 3.05) is 6.54 Å². The zero-order valence-electron chi connectivity index (χ0n) is 26.4. The predicted molar refractivity (Wildman–Crippen MR) is 186 cm³/mol. The van der Waals surface area contributed by atoms with E-state index in [-0.39, 0.29) is 40.0 Å². The van der Waals surface area contributed by atoms with E-state index >= 15 is 0 Å². The van der Waals surface area contributed by atoms with Crippen LogP contribution in [0.2, 0.25) is 0 Å². The van der Waals surface area contributed by atoms with Gasteiger partial charge in [-0.05, 0) is 85.3 Å². The molecule has 0 fully saturated rings. The number of rotatable bonds is 13. The van der Waals surface area contributed by atoms with E-state index in [0.29, 0.717) is 12.1 Å². The number of para-hydroxylation sites is 1. The maximum atomic E-state index is 13.1. The van der Waals surface area contributed by atoms with E-state index in [9.17, 15) is 19.2 Å². The number of thiazole rings is 1. The van der Waals surface area contributed by atoms with Gasteiger partial charge in [-0.15, -0.1) is 11.3 Å². The van der Waals surface area contributed by atoms with Gasteiger partial charge in [-0.3, -0.25) is 4.99 Å². The van der Waals surface area contributed by atoms with Crippen molar-refractivity contribution in [2.45, 2.75) is 19.3 Å². The van der Waals surface area contributed by atoms with E-state index in [4.69, 9.17) is 23.9 Å². The van der Waals surface area contributed by atoms with Gasteiger partial charge >= 0.3 is 23.9 Å². The van der Waals surface area contributed by atoms with E-state index in [1.165, 1.54) is 60.7 Å². The lowest BCUT2D eigenvalue weighted by atomic mass is 10.1. The highest BCUT2D eigenvalue weighted by molar-refractivity contribution is 7.18. The Balaban J connectivity index is 1.36. The van der Waals surface area contributed by atoms with Crippen LogP contribution in [0.25, 0.3) is 10.2 Å². The number of esters is 4. The van der Waals surface area contributed by atoms with E-state index < -0.39 is 23.9 Å². The van der Waals surface area contributed by atoms with Crippen molar-refractivity contribution in [3.63, 3.8) is 0 Å². The summed E-state index contributed by atoms with van der Waals surface area (Å²) >= 11 is 1.63. The third-order valence-corrected chi connectivity index (χ3v) is 8.25. The van der Waals surface area contributed by atoms with E-state index in [0.717, 1.165) is 33.8 Å². The van der Waals surface area contributed by atoms with Crippen molar-refractivity contribution < 1.29 is 38.1 Å². The van der Waals surface area contributed by atoms with Crippen LogP contribution in [0, 0.1) is 0 Å². The van der Waals surface area contributed by atoms with Crippen LogP contribution in [0.5, 0.6) is 23.0 Å². The lowest BCUT2D eigenvalue weighted by Crippen LogP contribution is -2.12. The summed E-state index contributed by atoms with van der Waals surface area (Å²) in [6.07, 6.45) is 4.44. The monoisotopic (exact) mass is 674 g/mol. The van der Waals surface area contributed by atoms with Crippen LogP contribution in [0.1, 0.15) is 50.5 Å². The number of aromatic nitrogens is 1. The Labute approximate surface area is 286 Å². The molecule has 1 heterocycles. The number of carbonyl (C=O) groups excluding carboxylic acids is 4. The molecule has 0 saturated heterocycles. The standard InChI is InChI=1S/C38H30N2O8S/c1-4-24(36-40-31-9-7-8-10-33(31)49-36)22-39-23-27-21-30(47-37(43)25-11-15-28(16-12-25)45-34(41)5-2)19-20-32(27)48-38(44)26-13-17-29(18-14-26)46-35(42)6-3/h5-21,23-24H,2-4,22H2,1H3. The van der Waals surface area contributed by atoms with Gasteiger partial charge in [0, 0.05) is 36.4 Å². The van der Waals surface area contributed by atoms with Gasteiger partial charge in [0.25, 0.3) is 0 Å². The van der Waals surface area contributed by atoms with Crippen molar-refractivity contribution in [2.24, 2.45) is 4.99 Å². The van der Waals surface area contributed by atoms with E-state index in [1.54, 1.807) is 23.6 Å². The first kappa shape index (κ1) is 34.1. The summed E-state index contributed by atoms with van der Waals surface area (Å²) in [4.78, 5) is 58.4. The van der Waals surface area contributed by atoms with Crippen LogP contribution in [-0.2, 0) is 9.59 Å². The lowest BCUT2D eigenvalue weighted by Gasteiger charge is -2.12. The molecule has 0 aliphatic heterocycles. The molecule has 1 atom stereocenters. The molecule has 0 spiro atoms. The number of hydrogen-bond acceptors (Lipinski definition) is 11. The van der Waals surface area contributed by atoms with E-state index in [1.807, 2.05) is 24.3 Å². The number of nitrogens with zero attached hydrogens (tertiary/aromatic N) is 2. The third-order valence-electron chi connectivity index (χ3n) is 7.05. The highest BCUT2D eigenvalue weighted by Crippen LogP contribution is 2.30. The molecule has 0 aliphatic carbocycles. The Hall–Kier alpha value is -6.20. The molecular weight excluding hydrogens is 644 g/mol. The van der Waals surface area contributed by atoms with Gasteiger partial charge in [0.15, 0.2) is 0 Å². The van der Waals surface area contributed by atoms with Gasteiger partial charge in [-0.1, -0.05) is 32.2 Å². The second-order valence-corrected chi connectivity index (χ2v) is 11.5. The number of fused-ring (bicyclic) bond motifs is 1. The largest absolute Gasteiger partial charge is 0.423 e. The van der Waals surface area contributed by atoms with Crippen molar-refractivity contribution in [1.29, 1.82) is 0 Å². The first-order valence-corrected chi connectivity index (χ1v) is 15.9.